The number of hydrogen-bond donors (Lipinski definition) is 1. The summed E-state index contributed by atoms with van der Waals surface area (Å²) < 4.78 is 27.4. The average molecular weight is 347 g/mol. The van der Waals surface area contributed by atoms with Crippen molar-refractivity contribution in [1.29, 1.82) is 0 Å². The molecule has 19 heavy (non-hydrogen) atoms. The zero-order valence-electron chi connectivity index (χ0n) is 9.38. The molecule has 0 atom stereocenters. The minimum atomic E-state index is -0.737. The number of rotatable bonds is 2. The van der Waals surface area contributed by atoms with Crippen LogP contribution in [0.3, 0.4) is 0 Å². The van der Waals surface area contributed by atoms with Crippen LogP contribution in [0.5, 0.6) is 0 Å². The quantitative estimate of drug-likeness (QED) is 0.503. The molecule has 0 amide bonds. The third-order valence-electron chi connectivity index (χ3n) is 2.52. The van der Waals surface area contributed by atoms with Crippen LogP contribution in [-0.4, -0.2) is 5.78 Å². The smallest absolute Gasteiger partial charge is 0.196 e. The minimum absolute atomic E-state index is 0.00369. The lowest BCUT2D eigenvalue weighted by molar-refractivity contribution is 0.103. The molecule has 0 aliphatic carbocycles. The summed E-state index contributed by atoms with van der Waals surface area (Å²) in [5.74, 6) is -2.13. The molecule has 0 saturated carbocycles. The van der Waals surface area contributed by atoms with Crippen LogP contribution < -0.4 is 5.73 Å². The fraction of sp³-hybridized carbons (Fsp3) is 0. The van der Waals surface area contributed by atoms with Crippen molar-refractivity contribution in [1.82, 2.24) is 0 Å². The number of nitrogen functional groups attached to an aromatic ring is 1. The van der Waals surface area contributed by atoms with Crippen LogP contribution in [0.2, 0.25) is 5.02 Å². The van der Waals surface area contributed by atoms with Gasteiger partial charge in [0, 0.05) is 10.0 Å². The van der Waals surface area contributed by atoms with E-state index in [4.69, 9.17) is 17.3 Å². The maximum Gasteiger partial charge on any atom is 0.196 e. The number of hydrogen-bond acceptors (Lipinski definition) is 2. The Hall–Kier alpha value is -1.46. The summed E-state index contributed by atoms with van der Waals surface area (Å²) >= 11 is 8.86. The third-order valence-corrected chi connectivity index (χ3v) is 3.71. The number of nitrogens with two attached hydrogens (primary N) is 1. The molecule has 0 unspecified atom stereocenters. The highest BCUT2D eigenvalue weighted by Gasteiger charge is 2.17. The average Bonchev–Trinajstić information content (AvgIpc) is 2.36. The van der Waals surface area contributed by atoms with Crippen LogP contribution in [-0.2, 0) is 0 Å². The molecule has 0 fully saturated rings. The zero-order valence-corrected chi connectivity index (χ0v) is 11.7. The normalized spacial score (nSPS) is 10.5. The van der Waals surface area contributed by atoms with Crippen LogP contribution in [0.15, 0.2) is 34.8 Å². The predicted molar refractivity (Wildman–Crippen MR) is 73.4 cm³/mol. The minimum Gasteiger partial charge on any atom is -0.396 e. The van der Waals surface area contributed by atoms with Crippen molar-refractivity contribution in [2.75, 3.05) is 5.73 Å². The monoisotopic (exact) mass is 345 g/mol. The molecule has 2 N–H and O–H groups in total. The summed E-state index contributed by atoms with van der Waals surface area (Å²) in [4.78, 5) is 12.1. The van der Waals surface area contributed by atoms with E-state index in [0.29, 0.717) is 4.47 Å². The summed E-state index contributed by atoms with van der Waals surface area (Å²) in [7, 11) is 0. The first kappa shape index (κ1) is 14.0. The van der Waals surface area contributed by atoms with Gasteiger partial charge in [-0.2, -0.15) is 0 Å². The third kappa shape index (κ3) is 2.77. The van der Waals surface area contributed by atoms with E-state index in [1.807, 2.05) is 0 Å². The van der Waals surface area contributed by atoms with E-state index < -0.39 is 17.4 Å². The van der Waals surface area contributed by atoms with Gasteiger partial charge in [0.2, 0.25) is 0 Å². The molecule has 0 radical (unpaired) electrons. The molecule has 6 heteroatoms. The van der Waals surface area contributed by atoms with Crippen LogP contribution in [0.25, 0.3) is 0 Å². The van der Waals surface area contributed by atoms with Gasteiger partial charge in [0.05, 0.1) is 16.3 Å². The first-order valence-corrected chi connectivity index (χ1v) is 6.31. The van der Waals surface area contributed by atoms with Gasteiger partial charge in [-0.05, 0) is 46.3 Å². The lowest BCUT2D eigenvalue weighted by atomic mass is 10.0. The molecule has 2 rings (SSSR count). The van der Waals surface area contributed by atoms with Crippen molar-refractivity contribution in [2.45, 2.75) is 0 Å². The first-order chi connectivity index (χ1) is 8.90. The van der Waals surface area contributed by atoms with E-state index in [2.05, 4.69) is 15.9 Å². The molecule has 0 saturated heterocycles. The molecule has 0 spiro atoms. The number of carbonyl (C=O) groups excluding carboxylic acids is 1. The van der Waals surface area contributed by atoms with Crippen molar-refractivity contribution >= 4 is 39.0 Å². The van der Waals surface area contributed by atoms with Crippen molar-refractivity contribution in [3.63, 3.8) is 0 Å². The Balaban J connectivity index is 2.49. The molecule has 2 aromatic carbocycles. The van der Waals surface area contributed by atoms with Gasteiger partial charge in [0.1, 0.15) is 11.6 Å². The van der Waals surface area contributed by atoms with E-state index >= 15 is 0 Å². The van der Waals surface area contributed by atoms with Gasteiger partial charge in [-0.1, -0.05) is 11.6 Å². The topological polar surface area (TPSA) is 43.1 Å². The van der Waals surface area contributed by atoms with E-state index in [-0.39, 0.29) is 21.8 Å². The largest absolute Gasteiger partial charge is 0.396 e. The van der Waals surface area contributed by atoms with Gasteiger partial charge in [0.15, 0.2) is 5.78 Å². The second-order valence-electron chi connectivity index (χ2n) is 3.81. The highest BCUT2D eigenvalue weighted by atomic mass is 79.9. The summed E-state index contributed by atoms with van der Waals surface area (Å²) in [5, 5.41) is 0.195. The van der Waals surface area contributed by atoms with Crippen LogP contribution in [0.1, 0.15) is 15.9 Å². The molecule has 0 aliphatic heterocycles. The molecule has 98 valence electrons. The number of ketones is 1. The number of anilines is 1. The number of benzene rings is 2. The van der Waals surface area contributed by atoms with E-state index in [1.165, 1.54) is 18.2 Å². The molecular formula is C13H7BrClF2NO. The zero-order chi connectivity index (χ0) is 14.2. The highest BCUT2D eigenvalue weighted by molar-refractivity contribution is 9.10. The first-order valence-electron chi connectivity index (χ1n) is 5.14. The van der Waals surface area contributed by atoms with Gasteiger partial charge in [-0.3, -0.25) is 4.79 Å². The molecule has 0 aromatic heterocycles. The Morgan fingerprint density at radius 1 is 1.16 bits per heavy atom. The van der Waals surface area contributed by atoms with Crippen LogP contribution >= 0.6 is 27.5 Å². The molecule has 0 bridgehead atoms. The maximum absolute atomic E-state index is 13.7. The second kappa shape index (κ2) is 5.27. The summed E-state index contributed by atoms with van der Waals surface area (Å²) in [5.41, 5.74) is 5.01. The lowest BCUT2D eigenvalue weighted by Crippen LogP contribution is -2.06. The standard InChI is InChI=1S/C13H7BrClF2NO/c14-8-5-10(16)7(4-9(8)15)13(19)6-1-2-12(18)11(17)3-6/h1-5H,18H2. The highest BCUT2D eigenvalue weighted by Crippen LogP contribution is 2.27. The molecular weight excluding hydrogens is 340 g/mol. The van der Waals surface area contributed by atoms with E-state index in [0.717, 1.165) is 12.1 Å². The summed E-state index contributed by atoms with van der Waals surface area (Å²) in [6, 6.07) is 5.82. The van der Waals surface area contributed by atoms with Gasteiger partial charge >= 0.3 is 0 Å². The van der Waals surface area contributed by atoms with Gasteiger partial charge in [-0.15, -0.1) is 0 Å². The van der Waals surface area contributed by atoms with Crippen molar-refractivity contribution in [2.24, 2.45) is 0 Å². The molecule has 2 nitrogen and oxygen atoms in total. The Morgan fingerprint density at radius 2 is 1.84 bits per heavy atom. The second-order valence-corrected chi connectivity index (χ2v) is 5.07. The van der Waals surface area contributed by atoms with Crippen molar-refractivity contribution in [3.8, 4) is 0 Å². The van der Waals surface area contributed by atoms with Crippen LogP contribution in [0.4, 0.5) is 14.5 Å². The SMILES string of the molecule is Nc1ccc(C(=O)c2cc(Cl)c(Br)cc2F)cc1F. The maximum atomic E-state index is 13.7. The summed E-state index contributed by atoms with van der Waals surface area (Å²) in [6.45, 7) is 0. The summed E-state index contributed by atoms with van der Waals surface area (Å²) in [6.07, 6.45) is 0. The van der Waals surface area contributed by atoms with E-state index in [9.17, 15) is 13.6 Å². The fourth-order valence-corrected chi connectivity index (χ4v) is 2.00. The van der Waals surface area contributed by atoms with Gasteiger partial charge in [0.25, 0.3) is 0 Å². The fourth-order valence-electron chi connectivity index (χ4n) is 1.52. The van der Waals surface area contributed by atoms with Crippen molar-refractivity contribution < 1.29 is 13.6 Å². The van der Waals surface area contributed by atoms with Crippen LogP contribution in [0, 0.1) is 11.6 Å². The van der Waals surface area contributed by atoms with Gasteiger partial charge in [-0.25, -0.2) is 8.78 Å². The lowest BCUT2D eigenvalue weighted by Gasteiger charge is -2.06. The Bertz CT molecular complexity index is 676. The Labute approximate surface area is 121 Å². The Morgan fingerprint density at radius 3 is 2.47 bits per heavy atom. The Kier molecular flexibility index (Phi) is 3.87. The number of carbonyl (C=O) groups is 1. The molecule has 0 aliphatic rings. The predicted octanol–water partition coefficient (Wildman–Crippen LogP) is 4.19. The van der Waals surface area contributed by atoms with E-state index in [1.54, 1.807) is 0 Å². The van der Waals surface area contributed by atoms with Gasteiger partial charge < -0.3 is 5.73 Å². The van der Waals surface area contributed by atoms with Crippen molar-refractivity contribution in [3.05, 3.63) is 62.6 Å². The number of halogens is 4. The molecule has 2 aromatic rings. The molecule has 0 heterocycles.